The highest BCUT2D eigenvalue weighted by Crippen LogP contribution is 2.34. The molecule has 1 aliphatic heterocycles. The molecule has 0 bridgehead atoms. The Morgan fingerprint density at radius 1 is 1.20 bits per heavy atom. The van der Waals surface area contributed by atoms with Gasteiger partial charge >= 0.3 is 0 Å². The van der Waals surface area contributed by atoms with Crippen LogP contribution in [0.3, 0.4) is 0 Å². The van der Waals surface area contributed by atoms with Crippen molar-refractivity contribution in [2.75, 3.05) is 33.4 Å². The quantitative estimate of drug-likeness (QED) is 0.493. The van der Waals surface area contributed by atoms with Crippen LogP contribution in [0.5, 0.6) is 0 Å². The Bertz CT molecular complexity index is 691. The van der Waals surface area contributed by atoms with Crippen molar-refractivity contribution in [1.82, 2.24) is 15.6 Å². The van der Waals surface area contributed by atoms with Crippen LogP contribution in [0.1, 0.15) is 18.4 Å². The predicted octanol–water partition coefficient (Wildman–Crippen LogP) is 2.53. The molecular weight excluding hydrogens is 332 g/mol. The van der Waals surface area contributed by atoms with Crippen molar-refractivity contribution in [3.05, 3.63) is 52.7 Å². The molecule has 1 heterocycles. The van der Waals surface area contributed by atoms with Crippen LogP contribution in [0.4, 0.5) is 0 Å². The van der Waals surface area contributed by atoms with E-state index < -0.39 is 0 Å². The molecule has 5 nitrogen and oxygen atoms in total. The molecule has 0 unspecified atom stereocenters. The number of hydrogen-bond donors (Lipinski definition) is 2. The van der Waals surface area contributed by atoms with Gasteiger partial charge in [0.1, 0.15) is 0 Å². The molecule has 0 amide bonds. The molecule has 1 fully saturated rings. The number of ether oxygens (including phenoxy) is 1. The predicted molar refractivity (Wildman–Crippen MR) is 106 cm³/mol. The first-order valence-corrected chi connectivity index (χ1v) is 9.01. The Labute approximate surface area is 154 Å². The number of benzene rings is 1. The van der Waals surface area contributed by atoms with Crippen molar-refractivity contribution in [2.24, 2.45) is 5.10 Å². The molecule has 0 atom stereocenters. The Hall–Kier alpha value is -2.18. The summed E-state index contributed by atoms with van der Waals surface area (Å²) in [5.41, 5.74) is 7.98. The van der Waals surface area contributed by atoms with Gasteiger partial charge in [-0.1, -0.05) is 30.3 Å². The highest BCUT2D eigenvalue weighted by Gasteiger charge is 2.25. The number of thiocarbonyl (C=S) groups is 1. The fraction of sp³-hybridized carbons (Fsp3) is 0.368. The minimum atomic E-state index is 0.517. The molecule has 1 saturated heterocycles. The van der Waals surface area contributed by atoms with Crippen LogP contribution >= 0.6 is 12.2 Å². The van der Waals surface area contributed by atoms with Gasteiger partial charge in [-0.3, -0.25) is 5.43 Å². The zero-order chi connectivity index (χ0) is 17.5. The summed E-state index contributed by atoms with van der Waals surface area (Å²) in [6.45, 7) is 3.38. The number of hydrazone groups is 1. The second-order valence-corrected chi connectivity index (χ2v) is 6.41. The van der Waals surface area contributed by atoms with Crippen LogP contribution in [0, 0.1) is 0 Å². The number of nitrogens with zero attached hydrogens (tertiary/aromatic N) is 2. The van der Waals surface area contributed by atoms with Crippen molar-refractivity contribution in [3.63, 3.8) is 0 Å². The first kappa shape index (κ1) is 17.6. The largest absolute Gasteiger partial charge is 0.378 e. The lowest BCUT2D eigenvalue weighted by molar-refractivity contribution is 0.0548. The number of hydrogen-bond acceptors (Lipinski definition) is 4. The van der Waals surface area contributed by atoms with E-state index >= 15 is 0 Å². The van der Waals surface area contributed by atoms with E-state index in [-0.39, 0.29) is 0 Å². The van der Waals surface area contributed by atoms with Crippen molar-refractivity contribution in [2.45, 2.75) is 12.8 Å². The second kappa shape index (κ2) is 8.78. The van der Waals surface area contributed by atoms with E-state index in [1.54, 1.807) is 7.05 Å². The molecule has 132 valence electrons. The summed E-state index contributed by atoms with van der Waals surface area (Å²) in [6.07, 6.45) is 6.21. The van der Waals surface area contributed by atoms with Crippen molar-refractivity contribution < 1.29 is 4.74 Å². The summed E-state index contributed by atoms with van der Waals surface area (Å²) in [5.74, 6) is 0. The summed E-state index contributed by atoms with van der Waals surface area (Å²) >= 11 is 5.07. The summed E-state index contributed by atoms with van der Waals surface area (Å²) < 4.78 is 5.52. The third-order valence-electron chi connectivity index (χ3n) is 4.35. The molecule has 2 aliphatic rings. The fourth-order valence-corrected chi connectivity index (χ4v) is 3.20. The Morgan fingerprint density at radius 2 is 1.96 bits per heavy atom. The highest BCUT2D eigenvalue weighted by atomic mass is 32.1. The van der Waals surface area contributed by atoms with Gasteiger partial charge in [-0.15, -0.1) is 0 Å². The lowest BCUT2D eigenvalue weighted by Gasteiger charge is -2.31. The molecule has 0 saturated carbocycles. The van der Waals surface area contributed by atoms with Gasteiger partial charge in [-0.25, -0.2) is 0 Å². The molecule has 1 aromatic rings. The average molecular weight is 356 g/mol. The second-order valence-electron chi connectivity index (χ2n) is 6.00. The third-order valence-corrected chi connectivity index (χ3v) is 4.65. The lowest BCUT2D eigenvalue weighted by Crippen LogP contribution is -2.36. The molecule has 2 N–H and O–H groups in total. The zero-order valence-corrected chi connectivity index (χ0v) is 15.3. The standard InChI is InChI=1S/C19H24N4OS/c1-20-19(25)22-21-14-17-8-7-16(13-15-5-3-2-4-6-15)18(17)23-9-11-24-12-10-23/h2-6,13-14H,7-12H2,1H3,(H2,20,22,25)/b16-13+,21-14-. The van der Waals surface area contributed by atoms with E-state index in [0.717, 1.165) is 39.1 Å². The molecule has 1 aliphatic carbocycles. The smallest absolute Gasteiger partial charge is 0.186 e. The van der Waals surface area contributed by atoms with Gasteiger partial charge in [0.05, 0.1) is 19.4 Å². The number of nitrogens with one attached hydrogen (secondary N) is 2. The maximum absolute atomic E-state index is 5.52. The zero-order valence-electron chi connectivity index (χ0n) is 14.5. The van der Waals surface area contributed by atoms with Crippen LogP contribution in [0.25, 0.3) is 6.08 Å². The normalized spacial score (nSPS) is 19.7. The third kappa shape index (κ3) is 4.67. The summed E-state index contributed by atoms with van der Waals surface area (Å²) in [4.78, 5) is 2.42. The van der Waals surface area contributed by atoms with E-state index in [4.69, 9.17) is 17.0 Å². The number of allylic oxidation sites excluding steroid dienone is 2. The Balaban J connectivity index is 1.87. The Morgan fingerprint density at radius 3 is 2.68 bits per heavy atom. The monoisotopic (exact) mass is 356 g/mol. The van der Waals surface area contributed by atoms with Gasteiger partial charge in [-0.05, 0) is 47.8 Å². The molecule has 0 radical (unpaired) electrons. The van der Waals surface area contributed by atoms with E-state index in [1.165, 1.54) is 22.4 Å². The van der Waals surface area contributed by atoms with Crippen molar-refractivity contribution in [3.8, 4) is 0 Å². The van der Waals surface area contributed by atoms with Crippen LogP contribution in [0.15, 0.2) is 52.3 Å². The van der Waals surface area contributed by atoms with Crippen LogP contribution in [-0.4, -0.2) is 49.6 Å². The van der Waals surface area contributed by atoms with Crippen LogP contribution in [-0.2, 0) is 4.74 Å². The lowest BCUT2D eigenvalue weighted by atomic mass is 10.1. The summed E-state index contributed by atoms with van der Waals surface area (Å²) in [6, 6.07) is 10.5. The van der Waals surface area contributed by atoms with Gasteiger partial charge in [0.15, 0.2) is 5.11 Å². The molecular formula is C19H24N4OS. The molecule has 0 aromatic heterocycles. The average Bonchev–Trinajstić information content (AvgIpc) is 3.05. The molecule has 0 spiro atoms. The maximum atomic E-state index is 5.52. The van der Waals surface area contributed by atoms with Gasteiger partial charge < -0.3 is 15.0 Å². The van der Waals surface area contributed by atoms with E-state index in [9.17, 15) is 0 Å². The SMILES string of the molecule is CNC(=S)N/N=C\C1=C(N2CCOCC2)C(=C/c2ccccc2)/CC1. The van der Waals surface area contributed by atoms with Gasteiger partial charge in [0, 0.05) is 25.8 Å². The van der Waals surface area contributed by atoms with Crippen LogP contribution in [0.2, 0.25) is 0 Å². The van der Waals surface area contributed by atoms with Crippen LogP contribution < -0.4 is 10.7 Å². The molecule has 6 heteroatoms. The van der Waals surface area contributed by atoms with E-state index in [1.807, 2.05) is 12.3 Å². The number of rotatable bonds is 4. The summed E-state index contributed by atoms with van der Waals surface area (Å²) in [5, 5.41) is 7.66. The molecule has 3 rings (SSSR count). The van der Waals surface area contributed by atoms with Crippen molar-refractivity contribution in [1.29, 1.82) is 0 Å². The maximum Gasteiger partial charge on any atom is 0.186 e. The molecule has 1 aromatic carbocycles. The fourth-order valence-electron chi connectivity index (χ4n) is 3.15. The van der Waals surface area contributed by atoms with E-state index in [0.29, 0.717) is 5.11 Å². The first-order valence-electron chi connectivity index (χ1n) is 8.60. The minimum Gasteiger partial charge on any atom is -0.378 e. The van der Waals surface area contributed by atoms with E-state index in [2.05, 4.69) is 51.1 Å². The van der Waals surface area contributed by atoms with Crippen molar-refractivity contribution >= 4 is 29.6 Å². The first-order chi connectivity index (χ1) is 12.3. The number of morpholine rings is 1. The van der Waals surface area contributed by atoms with Gasteiger partial charge in [-0.2, -0.15) is 5.10 Å². The minimum absolute atomic E-state index is 0.517. The summed E-state index contributed by atoms with van der Waals surface area (Å²) in [7, 11) is 1.78. The highest BCUT2D eigenvalue weighted by molar-refractivity contribution is 7.80. The molecule has 25 heavy (non-hydrogen) atoms. The topological polar surface area (TPSA) is 48.9 Å². The van der Waals surface area contributed by atoms with Gasteiger partial charge in [0.25, 0.3) is 0 Å². The van der Waals surface area contributed by atoms with Gasteiger partial charge in [0.2, 0.25) is 0 Å². The Kier molecular flexibility index (Phi) is 6.19.